The first kappa shape index (κ1) is 17.3. The zero-order valence-corrected chi connectivity index (χ0v) is 15.3. The third kappa shape index (κ3) is 2.81. The quantitative estimate of drug-likeness (QED) is 0.925. The second-order valence-corrected chi connectivity index (χ2v) is 7.38. The van der Waals surface area contributed by atoms with Gasteiger partial charge in [0.15, 0.2) is 0 Å². The van der Waals surface area contributed by atoms with Crippen molar-refractivity contribution in [1.29, 1.82) is 0 Å². The van der Waals surface area contributed by atoms with Crippen LogP contribution >= 0.6 is 0 Å². The Labute approximate surface area is 144 Å². The van der Waals surface area contributed by atoms with Crippen LogP contribution in [-0.4, -0.2) is 36.1 Å². The van der Waals surface area contributed by atoms with Gasteiger partial charge in [-0.1, -0.05) is 6.92 Å². The second kappa shape index (κ2) is 6.75. The molecule has 4 nitrogen and oxygen atoms in total. The highest BCUT2D eigenvalue weighted by Gasteiger charge is 2.38. The topological polar surface area (TPSA) is 49.8 Å². The van der Waals surface area contributed by atoms with Crippen LogP contribution in [0.3, 0.4) is 0 Å². The van der Waals surface area contributed by atoms with Crippen molar-refractivity contribution in [2.75, 3.05) is 20.2 Å². The molecule has 0 spiro atoms. The van der Waals surface area contributed by atoms with Gasteiger partial charge in [0, 0.05) is 24.9 Å². The number of amides is 1. The van der Waals surface area contributed by atoms with Gasteiger partial charge in [-0.2, -0.15) is 0 Å². The molecule has 1 aromatic rings. The molecule has 24 heavy (non-hydrogen) atoms. The van der Waals surface area contributed by atoms with E-state index in [0.717, 1.165) is 55.6 Å². The van der Waals surface area contributed by atoms with E-state index < -0.39 is 6.10 Å². The zero-order chi connectivity index (χ0) is 17.4. The van der Waals surface area contributed by atoms with Crippen molar-refractivity contribution in [3.8, 4) is 5.75 Å². The monoisotopic (exact) mass is 331 g/mol. The minimum absolute atomic E-state index is 0.0178. The molecule has 1 aromatic carbocycles. The number of fused-ring (bicyclic) bond motifs is 1. The van der Waals surface area contributed by atoms with Crippen LogP contribution in [0.15, 0.2) is 6.07 Å². The Bertz CT molecular complexity index is 634. The molecule has 0 bridgehead atoms. The first-order valence-electron chi connectivity index (χ1n) is 9.09. The summed E-state index contributed by atoms with van der Waals surface area (Å²) < 4.78 is 5.48. The molecule has 132 valence electrons. The van der Waals surface area contributed by atoms with Crippen molar-refractivity contribution in [2.24, 2.45) is 11.8 Å². The number of methoxy groups -OCH3 is 1. The molecule has 0 aromatic heterocycles. The van der Waals surface area contributed by atoms with Crippen molar-refractivity contribution >= 4 is 5.91 Å². The van der Waals surface area contributed by atoms with E-state index in [1.807, 2.05) is 18.7 Å². The highest BCUT2D eigenvalue weighted by molar-refractivity contribution is 5.79. The van der Waals surface area contributed by atoms with Gasteiger partial charge in [0.25, 0.3) is 0 Å². The van der Waals surface area contributed by atoms with Crippen molar-refractivity contribution in [2.45, 2.75) is 52.6 Å². The molecule has 1 N–H and O–H groups in total. The van der Waals surface area contributed by atoms with E-state index in [9.17, 15) is 9.90 Å². The maximum atomic E-state index is 12.8. The SMILES string of the molecule is COc1cc(C)c2c(c1C)[C@H](O)C([C@H](C)C(=O)N1CCCC1)CC2. The molecule has 2 aliphatic rings. The number of rotatable bonds is 3. The average Bonchev–Trinajstić information content (AvgIpc) is 3.11. The highest BCUT2D eigenvalue weighted by atomic mass is 16.5. The summed E-state index contributed by atoms with van der Waals surface area (Å²) in [5, 5.41) is 11.1. The lowest BCUT2D eigenvalue weighted by Crippen LogP contribution is -2.39. The number of hydrogen-bond donors (Lipinski definition) is 1. The third-order valence-corrected chi connectivity index (χ3v) is 6.02. The van der Waals surface area contributed by atoms with Crippen LogP contribution in [0, 0.1) is 25.7 Å². The summed E-state index contributed by atoms with van der Waals surface area (Å²) in [4.78, 5) is 14.7. The smallest absolute Gasteiger partial charge is 0.225 e. The number of hydrogen-bond acceptors (Lipinski definition) is 3. The van der Waals surface area contributed by atoms with Gasteiger partial charge < -0.3 is 14.7 Å². The van der Waals surface area contributed by atoms with Crippen molar-refractivity contribution in [1.82, 2.24) is 4.90 Å². The standard InChI is InChI=1S/C20H29NO3/c1-12-11-17(24-4)14(3)18-15(12)7-8-16(19(18)22)13(2)20(23)21-9-5-6-10-21/h11,13,16,19,22H,5-10H2,1-4H3/t13-,16?,19+/m0/s1. The number of ether oxygens (including phenoxy) is 1. The summed E-state index contributed by atoms with van der Waals surface area (Å²) in [6.07, 6.45) is 3.39. The van der Waals surface area contributed by atoms with Gasteiger partial charge in [0.1, 0.15) is 5.75 Å². The number of carbonyl (C=O) groups excluding carboxylic acids is 1. The minimum atomic E-state index is -0.593. The van der Waals surface area contributed by atoms with Gasteiger partial charge in [-0.15, -0.1) is 0 Å². The maximum Gasteiger partial charge on any atom is 0.225 e. The molecule has 0 radical (unpaired) electrons. The Morgan fingerprint density at radius 3 is 2.62 bits per heavy atom. The molecule has 1 amide bonds. The third-order valence-electron chi connectivity index (χ3n) is 6.02. The predicted molar refractivity (Wildman–Crippen MR) is 94.2 cm³/mol. The Kier molecular flexibility index (Phi) is 4.86. The molecule has 3 atom stereocenters. The average molecular weight is 331 g/mol. The first-order valence-corrected chi connectivity index (χ1v) is 9.09. The molecule has 1 aliphatic heterocycles. The van der Waals surface area contributed by atoms with E-state index in [4.69, 9.17) is 4.74 Å². The molecule has 1 heterocycles. The summed E-state index contributed by atoms with van der Waals surface area (Å²) in [5.74, 6) is 0.870. The van der Waals surface area contributed by atoms with Crippen LogP contribution in [0.1, 0.15) is 54.5 Å². The molecule has 1 fully saturated rings. The highest BCUT2D eigenvalue weighted by Crippen LogP contribution is 2.44. The van der Waals surface area contributed by atoms with Crippen molar-refractivity contribution in [3.05, 3.63) is 28.3 Å². The Hall–Kier alpha value is -1.55. The van der Waals surface area contributed by atoms with Gasteiger partial charge >= 0.3 is 0 Å². The second-order valence-electron chi connectivity index (χ2n) is 7.38. The number of aryl methyl sites for hydroxylation is 1. The van der Waals surface area contributed by atoms with Crippen LogP contribution in [0.25, 0.3) is 0 Å². The molecule has 1 aliphatic carbocycles. The van der Waals surface area contributed by atoms with Crippen molar-refractivity contribution < 1.29 is 14.6 Å². The number of aliphatic hydroxyl groups is 1. The van der Waals surface area contributed by atoms with Crippen LogP contribution < -0.4 is 4.74 Å². The number of benzene rings is 1. The molecule has 3 rings (SSSR count). The normalized spacial score (nSPS) is 24.6. The Morgan fingerprint density at radius 1 is 1.33 bits per heavy atom. The van der Waals surface area contributed by atoms with E-state index in [-0.39, 0.29) is 17.7 Å². The Balaban J connectivity index is 1.90. The summed E-state index contributed by atoms with van der Waals surface area (Å²) in [6, 6.07) is 2.06. The lowest BCUT2D eigenvalue weighted by Gasteiger charge is -2.37. The van der Waals surface area contributed by atoms with Crippen molar-refractivity contribution in [3.63, 3.8) is 0 Å². The van der Waals surface area contributed by atoms with Gasteiger partial charge in [-0.05, 0) is 67.9 Å². The molecular formula is C20H29NO3. The van der Waals surface area contributed by atoms with Crippen LogP contribution in [0.4, 0.5) is 0 Å². The predicted octanol–water partition coefficient (Wildman–Crippen LogP) is 3.17. The van der Waals surface area contributed by atoms with E-state index in [1.54, 1.807) is 7.11 Å². The summed E-state index contributed by atoms with van der Waals surface area (Å²) in [5.41, 5.74) is 4.40. The number of likely N-dealkylation sites (tertiary alicyclic amines) is 1. The maximum absolute atomic E-state index is 12.8. The van der Waals surface area contributed by atoms with E-state index >= 15 is 0 Å². The number of carbonyl (C=O) groups is 1. The minimum Gasteiger partial charge on any atom is -0.496 e. The van der Waals surface area contributed by atoms with Crippen LogP contribution in [0.2, 0.25) is 0 Å². The van der Waals surface area contributed by atoms with Gasteiger partial charge in [-0.25, -0.2) is 0 Å². The van der Waals surface area contributed by atoms with Crippen LogP contribution in [-0.2, 0) is 11.2 Å². The summed E-state index contributed by atoms with van der Waals surface area (Å²) in [7, 11) is 1.67. The molecule has 1 saturated heterocycles. The van der Waals surface area contributed by atoms with E-state index in [1.165, 1.54) is 11.1 Å². The first-order chi connectivity index (χ1) is 11.5. The lowest BCUT2D eigenvalue weighted by atomic mass is 9.72. The molecular weight excluding hydrogens is 302 g/mol. The van der Waals surface area contributed by atoms with Crippen LogP contribution in [0.5, 0.6) is 5.75 Å². The Morgan fingerprint density at radius 2 is 2.00 bits per heavy atom. The molecule has 1 unspecified atom stereocenters. The lowest BCUT2D eigenvalue weighted by molar-refractivity contribution is -0.137. The molecule has 4 heteroatoms. The number of aliphatic hydroxyl groups excluding tert-OH is 1. The van der Waals surface area contributed by atoms with Gasteiger partial charge in [-0.3, -0.25) is 4.79 Å². The fourth-order valence-corrected chi connectivity index (χ4v) is 4.52. The fourth-order valence-electron chi connectivity index (χ4n) is 4.52. The van der Waals surface area contributed by atoms with E-state index in [0.29, 0.717) is 0 Å². The van der Waals surface area contributed by atoms with Gasteiger partial charge in [0.2, 0.25) is 5.91 Å². The molecule has 0 saturated carbocycles. The summed E-state index contributed by atoms with van der Waals surface area (Å²) in [6.45, 7) is 7.81. The zero-order valence-electron chi connectivity index (χ0n) is 15.3. The van der Waals surface area contributed by atoms with E-state index in [2.05, 4.69) is 13.0 Å². The summed E-state index contributed by atoms with van der Waals surface area (Å²) >= 11 is 0. The largest absolute Gasteiger partial charge is 0.496 e. The number of nitrogens with zero attached hydrogens (tertiary/aromatic N) is 1. The van der Waals surface area contributed by atoms with Gasteiger partial charge in [0.05, 0.1) is 13.2 Å². The fraction of sp³-hybridized carbons (Fsp3) is 0.650.